The van der Waals surface area contributed by atoms with Gasteiger partial charge >= 0.3 is 0 Å². The quantitative estimate of drug-likeness (QED) is 0.116. The third-order valence-corrected chi connectivity index (χ3v) is 11.3. The first kappa shape index (κ1) is 31.5. The van der Waals surface area contributed by atoms with Crippen LogP contribution in [0.15, 0.2) is 82.8 Å². The molecule has 14 nitrogen and oxygen atoms in total. The molecule has 4 heterocycles. The van der Waals surface area contributed by atoms with E-state index in [1.807, 2.05) is 0 Å². The van der Waals surface area contributed by atoms with Gasteiger partial charge in [-0.1, -0.05) is 21.6 Å². The van der Waals surface area contributed by atoms with Crippen LogP contribution in [0.1, 0.15) is 20.7 Å². The molecule has 238 valence electrons. The van der Waals surface area contributed by atoms with Crippen molar-refractivity contribution in [2.75, 3.05) is 34.5 Å². The molecule has 0 radical (unpaired) electrons. The molecule has 0 aliphatic carbocycles. The Bertz CT molecular complexity index is 1880. The smallest absolute Gasteiger partial charge is 0.263 e. The first-order valence-corrected chi connectivity index (χ1v) is 18.6. The van der Waals surface area contributed by atoms with E-state index in [9.17, 15) is 26.4 Å². The van der Waals surface area contributed by atoms with E-state index in [0.717, 1.165) is 0 Å². The van der Waals surface area contributed by atoms with E-state index in [1.165, 1.54) is 94.6 Å². The van der Waals surface area contributed by atoms with Crippen molar-refractivity contribution in [2.24, 2.45) is 0 Å². The van der Waals surface area contributed by atoms with E-state index < -0.39 is 20.0 Å². The van der Waals surface area contributed by atoms with Gasteiger partial charge in [0.15, 0.2) is 34.6 Å². The number of anilines is 2. The van der Waals surface area contributed by atoms with Crippen LogP contribution in [0.4, 0.5) is 11.6 Å². The summed E-state index contributed by atoms with van der Waals surface area (Å²) >= 11 is 0. The predicted octanol–water partition coefficient (Wildman–Crippen LogP) is 3.98. The molecule has 18 heteroatoms. The van der Waals surface area contributed by atoms with Crippen molar-refractivity contribution in [3.63, 3.8) is 0 Å². The van der Waals surface area contributed by atoms with Gasteiger partial charge in [-0.05, 0) is 48.5 Å². The van der Waals surface area contributed by atoms with Gasteiger partial charge in [-0.2, -0.15) is 0 Å². The van der Waals surface area contributed by atoms with Crippen LogP contribution in [0.3, 0.4) is 0 Å². The van der Waals surface area contributed by atoms with Crippen molar-refractivity contribution in [1.29, 1.82) is 0 Å². The number of carbonyl (C=O) groups excluding carboxylic acids is 2. The molecule has 0 atom stereocenters. The monoisotopic (exact) mass is 702 g/mol. The maximum Gasteiger partial charge on any atom is 0.263 e. The summed E-state index contributed by atoms with van der Waals surface area (Å²) in [6.07, 6.45) is 2.54. The Hall–Kier alpha value is -4.52. The van der Waals surface area contributed by atoms with Gasteiger partial charge in [-0.3, -0.25) is 19.0 Å². The lowest BCUT2D eigenvalue weighted by atomic mass is 10.2. The van der Waals surface area contributed by atoms with Gasteiger partial charge in [0.25, 0.3) is 20.0 Å². The largest absolute Gasteiger partial charge is 0.454 e. The second-order valence-electron chi connectivity index (χ2n) is 9.48. The molecular weight excluding hydrogens is 681 g/mol. The highest BCUT2D eigenvalue weighted by molar-refractivity contribution is 8.77. The molecule has 2 aliphatic heterocycles. The lowest BCUT2D eigenvalue weighted by Crippen LogP contribution is -2.14. The minimum absolute atomic E-state index is 0.0149. The number of ketones is 2. The second-order valence-corrected chi connectivity index (χ2v) is 15.3. The SMILES string of the molecule is O=C(CSSCC(=O)c1ccc(NS(=O)(=O)c2ccc3c(c2)OCO3)nc1)c1ccc(NS(=O)(=O)c2ccc3c(c2)OCO3)nc1. The minimum atomic E-state index is -3.96. The van der Waals surface area contributed by atoms with Crippen molar-refractivity contribution in [3.8, 4) is 23.0 Å². The number of carbonyl (C=O) groups is 2. The molecule has 0 saturated heterocycles. The van der Waals surface area contributed by atoms with E-state index in [4.69, 9.17) is 18.9 Å². The number of hydrogen-bond acceptors (Lipinski definition) is 14. The summed E-state index contributed by atoms with van der Waals surface area (Å²) in [4.78, 5) is 33.2. The van der Waals surface area contributed by atoms with Crippen LogP contribution in [-0.2, 0) is 20.0 Å². The number of ether oxygens (including phenoxy) is 4. The number of rotatable bonds is 13. The molecule has 2 aliphatic rings. The Balaban J connectivity index is 0.953. The van der Waals surface area contributed by atoms with Crippen LogP contribution in [0.5, 0.6) is 23.0 Å². The Labute approximate surface area is 270 Å². The summed E-state index contributed by atoms with van der Waals surface area (Å²) in [5, 5.41) is 0. The van der Waals surface area contributed by atoms with E-state index in [0.29, 0.717) is 23.0 Å². The fraction of sp³-hybridized carbons (Fsp3) is 0.143. The molecule has 2 aromatic heterocycles. The fourth-order valence-corrected chi connectivity index (χ4v) is 7.98. The van der Waals surface area contributed by atoms with E-state index in [-0.39, 0.29) is 69.2 Å². The second kappa shape index (κ2) is 13.1. The van der Waals surface area contributed by atoms with Crippen molar-refractivity contribution in [1.82, 2.24) is 9.97 Å². The maximum absolute atomic E-state index is 12.7. The van der Waals surface area contributed by atoms with Gasteiger partial charge in [0.05, 0.1) is 21.3 Å². The summed E-state index contributed by atoms with van der Waals surface area (Å²) in [6, 6.07) is 14.1. The maximum atomic E-state index is 12.7. The normalized spacial score (nSPS) is 13.3. The number of pyridine rings is 2. The number of hydrogen-bond donors (Lipinski definition) is 2. The van der Waals surface area contributed by atoms with E-state index in [1.54, 1.807) is 0 Å². The zero-order valence-electron chi connectivity index (χ0n) is 23.4. The van der Waals surface area contributed by atoms with Crippen LogP contribution >= 0.6 is 21.6 Å². The number of nitrogens with one attached hydrogen (secondary N) is 2. The first-order valence-electron chi connectivity index (χ1n) is 13.2. The fourth-order valence-electron chi connectivity index (χ4n) is 4.08. The minimum Gasteiger partial charge on any atom is -0.454 e. The van der Waals surface area contributed by atoms with Gasteiger partial charge in [0, 0.05) is 35.7 Å². The average molecular weight is 703 g/mol. The van der Waals surface area contributed by atoms with Gasteiger partial charge in [0.1, 0.15) is 11.6 Å². The summed E-state index contributed by atoms with van der Waals surface area (Å²) in [5.41, 5.74) is 0.543. The molecule has 46 heavy (non-hydrogen) atoms. The molecular formula is C28H22N4O10S4. The molecule has 2 aromatic carbocycles. The van der Waals surface area contributed by atoms with Crippen molar-refractivity contribution >= 4 is 64.8 Å². The third-order valence-electron chi connectivity index (χ3n) is 6.42. The number of benzene rings is 2. The summed E-state index contributed by atoms with van der Waals surface area (Å²) in [6.45, 7) is 0.0297. The van der Waals surface area contributed by atoms with Crippen LogP contribution in [-0.4, -0.2) is 63.5 Å². The van der Waals surface area contributed by atoms with Crippen LogP contribution in [0.2, 0.25) is 0 Å². The number of nitrogens with zero attached hydrogens (tertiary/aromatic N) is 2. The number of Topliss-reactive ketones (excluding diaryl/α,β-unsaturated/α-hetero) is 2. The number of fused-ring (bicyclic) bond motifs is 2. The summed E-state index contributed by atoms with van der Waals surface area (Å²) < 4.78 is 76.5. The molecule has 0 fully saturated rings. The molecule has 0 spiro atoms. The number of aromatic nitrogens is 2. The Morgan fingerprint density at radius 3 is 1.41 bits per heavy atom. The highest BCUT2D eigenvalue weighted by atomic mass is 33.1. The lowest BCUT2D eigenvalue weighted by Gasteiger charge is -2.09. The summed E-state index contributed by atoms with van der Waals surface area (Å²) in [5.74, 6) is 1.17. The van der Waals surface area contributed by atoms with Crippen molar-refractivity contribution in [3.05, 3.63) is 84.2 Å². The average Bonchev–Trinajstić information content (AvgIpc) is 3.72. The zero-order valence-corrected chi connectivity index (χ0v) is 26.6. The van der Waals surface area contributed by atoms with E-state index >= 15 is 0 Å². The highest BCUT2D eigenvalue weighted by Gasteiger charge is 2.22. The molecule has 6 rings (SSSR count). The molecule has 0 unspecified atom stereocenters. The standard InChI is InChI=1S/C28H22N4O10S4/c33-21(17-1-7-27(29-11-17)31-45(35,36)19-3-5-23-25(9-19)41-15-39-23)13-43-44-14-22(34)18-2-8-28(30-12-18)32-46(37,38)20-4-6-24-26(10-20)42-16-40-24/h1-12H,13-16H2,(H,29,31)(H,30,32). The van der Waals surface area contributed by atoms with Gasteiger partial charge in [0.2, 0.25) is 13.6 Å². The highest BCUT2D eigenvalue weighted by Crippen LogP contribution is 2.35. The van der Waals surface area contributed by atoms with Crippen LogP contribution in [0, 0.1) is 0 Å². The Kier molecular flexibility index (Phi) is 8.94. The van der Waals surface area contributed by atoms with Crippen LogP contribution < -0.4 is 28.4 Å². The van der Waals surface area contributed by atoms with Crippen molar-refractivity contribution < 1.29 is 45.4 Å². The molecule has 0 saturated carbocycles. The lowest BCUT2D eigenvalue weighted by molar-refractivity contribution is 0.101. The predicted molar refractivity (Wildman–Crippen MR) is 169 cm³/mol. The Morgan fingerprint density at radius 2 is 1.02 bits per heavy atom. The van der Waals surface area contributed by atoms with Crippen LogP contribution in [0.25, 0.3) is 0 Å². The van der Waals surface area contributed by atoms with Crippen molar-refractivity contribution in [2.45, 2.75) is 9.79 Å². The van der Waals surface area contributed by atoms with Gasteiger partial charge < -0.3 is 18.9 Å². The van der Waals surface area contributed by atoms with Gasteiger partial charge in [-0.25, -0.2) is 26.8 Å². The molecule has 0 amide bonds. The molecule has 0 bridgehead atoms. The molecule has 2 N–H and O–H groups in total. The first-order chi connectivity index (χ1) is 22.1. The van der Waals surface area contributed by atoms with Gasteiger partial charge in [-0.15, -0.1) is 0 Å². The number of sulfonamides is 2. The topological polar surface area (TPSA) is 189 Å². The zero-order chi connectivity index (χ0) is 32.3. The molecule has 4 aromatic rings. The third kappa shape index (κ3) is 7.14. The summed E-state index contributed by atoms with van der Waals surface area (Å²) in [7, 11) is -5.57. The Morgan fingerprint density at radius 1 is 0.609 bits per heavy atom. The van der Waals surface area contributed by atoms with E-state index in [2.05, 4.69) is 19.4 Å².